The van der Waals surface area contributed by atoms with E-state index in [4.69, 9.17) is 18.9 Å². The molecule has 0 aromatic heterocycles. The van der Waals surface area contributed by atoms with Crippen LogP contribution in [0.4, 0.5) is 5.69 Å². The van der Waals surface area contributed by atoms with Gasteiger partial charge >= 0.3 is 5.97 Å². The normalized spacial score (nSPS) is 12.3. The first kappa shape index (κ1) is 19.5. The van der Waals surface area contributed by atoms with Gasteiger partial charge in [-0.05, 0) is 44.0 Å². The summed E-state index contributed by atoms with van der Waals surface area (Å²) < 4.78 is 22.3. The average Bonchev–Trinajstić information content (AvgIpc) is 2.66. The summed E-state index contributed by atoms with van der Waals surface area (Å²) >= 11 is 6.73. The van der Waals surface area contributed by atoms with Gasteiger partial charge < -0.3 is 24.3 Å². The average molecular weight is 501 g/mol. The van der Waals surface area contributed by atoms with Gasteiger partial charge in [0.25, 0.3) is 5.91 Å². The molecule has 1 amide bonds. The van der Waals surface area contributed by atoms with Crippen LogP contribution < -0.4 is 19.5 Å². The molecule has 1 aliphatic rings. The second kappa shape index (κ2) is 8.18. The summed E-state index contributed by atoms with van der Waals surface area (Å²) in [6, 6.07) is 6.28. The minimum atomic E-state index is -0.598. The first-order valence-corrected chi connectivity index (χ1v) is 9.39. The number of carbonyl (C=O) groups is 2. The van der Waals surface area contributed by atoms with Crippen molar-refractivity contribution in [1.82, 2.24) is 0 Å². The fourth-order valence-electron chi connectivity index (χ4n) is 2.55. The van der Waals surface area contributed by atoms with Crippen LogP contribution in [0.15, 0.2) is 33.2 Å². The van der Waals surface area contributed by atoms with Crippen molar-refractivity contribution in [3.63, 3.8) is 0 Å². The number of rotatable bonds is 4. The molecule has 9 heteroatoms. The third-order valence-corrected chi connectivity index (χ3v) is 4.98. The van der Waals surface area contributed by atoms with Crippen LogP contribution in [0.3, 0.4) is 0 Å². The summed E-state index contributed by atoms with van der Waals surface area (Å²) in [6.07, 6.45) is 0. The van der Waals surface area contributed by atoms with E-state index in [2.05, 4.69) is 37.2 Å². The van der Waals surface area contributed by atoms with Gasteiger partial charge in [0, 0.05) is 17.7 Å². The van der Waals surface area contributed by atoms with Gasteiger partial charge in [0.15, 0.2) is 11.5 Å². The van der Waals surface area contributed by atoms with Crippen LogP contribution in [0.5, 0.6) is 17.2 Å². The number of ether oxygens (including phenoxy) is 4. The molecule has 1 heterocycles. The minimum Gasteiger partial charge on any atom is -0.494 e. The van der Waals surface area contributed by atoms with Crippen molar-refractivity contribution in [2.75, 3.05) is 32.8 Å². The zero-order chi connectivity index (χ0) is 19.6. The first-order valence-electron chi connectivity index (χ1n) is 7.81. The molecule has 2 aromatic carbocycles. The number of amides is 1. The third kappa shape index (κ3) is 4.03. The van der Waals surface area contributed by atoms with Gasteiger partial charge in [-0.1, -0.05) is 0 Å². The Labute approximate surface area is 172 Å². The second-order valence-corrected chi connectivity index (χ2v) is 7.17. The number of methoxy groups -OCH3 is 2. The predicted molar refractivity (Wildman–Crippen MR) is 105 cm³/mol. The lowest BCUT2D eigenvalue weighted by molar-refractivity contribution is 0.0601. The summed E-state index contributed by atoms with van der Waals surface area (Å²) in [7, 11) is 2.80. The molecule has 0 atom stereocenters. The zero-order valence-corrected chi connectivity index (χ0v) is 17.6. The molecule has 0 fully saturated rings. The van der Waals surface area contributed by atoms with Crippen molar-refractivity contribution < 1.29 is 28.5 Å². The van der Waals surface area contributed by atoms with Crippen molar-refractivity contribution in [2.45, 2.75) is 0 Å². The summed E-state index contributed by atoms with van der Waals surface area (Å²) in [5.74, 6) is 0.428. The molecule has 0 radical (unpaired) electrons. The third-order valence-electron chi connectivity index (χ3n) is 3.80. The Balaban J connectivity index is 1.97. The molecular formula is C18H15Br2NO6. The highest BCUT2D eigenvalue weighted by atomic mass is 79.9. The molecule has 2 aromatic rings. The van der Waals surface area contributed by atoms with E-state index in [-0.39, 0.29) is 11.3 Å². The Hall–Kier alpha value is -2.26. The largest absolute Gasteiger partial charge is 0.494 e. The van der Waals surface area contributed by atoms with Gasteiger partial charge in [-0.2, -0.15) is 0 Å². The molecule has 0 bridgehead atoms. The van der Waals surface area contributed by atoms with Crippen LogP contribution in [0.1, 0.15) is 20.7 Å². The number of halogens is 2. The molecule has 7 nitrogen and oxygen atoms in total. The van der Waals surface area contributed by atoms with Crippen molar-refractivity contribution >= 4 is 49.4 Å². The lowest BCUT2D eigenvalue weighted by atomic mass is 10.1. The van der Waals surface area contributed by atoms with E-state index in [0.717, 1.165) is 0 Å². The Morgan fingerprint density at radius 2 is 1.59 bits per heavy atom. The molecule has 0 spiro atoms. The van der Waals surface area contributed by atoms with Crippen LogP contribution in [-0.4, -0.2) is 39.3 Å². The Bertz CT molecular complexity index is 892. The van der Waals surface area contributed by atoms with Crippen LogP contribution in [-0.2, 0) is 4.74 Å². The molecule has 0 saturated heterocycles. The van der Waals surface area contributed by atoms with Gasteiger partial charge in [0.1, 0.15) is 19.0 Å². The SMILES string of the molecule is COC(=O)c1cc2c(cc1NC(=O)c1cc(Br)c(OC)c(Br)c1)OCCO2. The quantitative estimate of drug-likeness (QED) is 0.638. The van der Waals surface area contributed by atoms with E-state index < -0.39 is 11.9 Å². The molecule has 0 aliphatic carbocycles. The van der Waals surface area contributed by atoms with Crippen LogP contribution in [0, 0.1) is 0 Å². The molecule has 142 valence electrons. The predicted octanol–water partition coefficient (Wildman–Crippen LogP) is 4.03. The lowest BCUT2D eigenvalue weighted by Gasteiger charge is -2.21. The van der Waals surface area contributed by atoms with E-state index >= 15 is 0 Å². The Kier molecular flexibility index (Phi) is 5.91. The first-order chi connectivity index (χ1) is 12.9. The van der Waals surface area contributed by atoms with Gasteiger partial charge in [0.2, 0.25) is 0 Å². The number of hydrogen-bond acceptors (Lipinski definition) is 6. The number of carbonyl (C=O) groups excluding carboxylic acids is 2. The molecule has 1 N–H and O–H groups in total. The van der Waals surface area contributed by atoms with Crippen molar-refractivity contribution in [3.8, 4) is 17.2 Å². The standard InChI is InChI=1S/C18H15Br2NO6/c1-24-16-11(19)5-9(6-12(16)20)17(22)21-13-8-15-14(26-3-4-27-15)7-10(13)18(23)25-2/h5-8H,3-4H2,1-2H3,(H,21,22). The minimum absolute atomic E-state index is 0.168. The molecular weight excluding hydrogens is 486 g/mol. The summed E-state index contributed by atoms with van der Waals surface area (Å²) in [5.41, 5.74) is 0.793. The number of hydrogen-bond donors (Lipinski definition) is 1. The maximum atomic E-state index is 12.7. The van der Waals surface area contributed by atoms with Gasteiger partial charge in [-0.3, -0.25) is 4.79 Å². The highest BCUT2D eigenvalue weighted by Crippen LogP contribution is 2.37. The van der Waals surface area contributed by atoms with Crippen molar-refractivity contribution in [3.05, 3.63) is 44.3 Å². The number of fused-ring (bicyclic) bond motifs is 1. The molecule has 27 heavy (non-hydrogen) atoms. The number of esters is 1. The van der Waals surface area contributed by atoms with Crippen LogP contribution >= 0.6 is 31.9 Å². The molecule has 1 aliphatic heterocycles. The topological polar surface area (TPSA) is 83.1 Å². The Morgan fingerprint density at radius 1 is 1.00 bits per heavy atom. The fraction of sp³-hybridized carbons (Fsp3) is 0.222. The number of nitrogens with one attached hydrogen (secondary N) is 1. The van der Waals surface area contributed by atoms with Gasteiger partial charge in [-0.25, -0.2) is 4.79 Å². The number of benzene rings is 2. The summed E-state index contributed by atoms with van der Waals surface area (Å²) in [6.45, 7) is 0.767. The zero-order valence-electron chi connectivity index (χ0n) is 14.4. The van der Waals surface area contributed by atoms with Gasteiger partial charge in [-0.15, -0.1) is 0 Å². The molecule has 0 unspecified atom stereocenters. The van der Waals surface area contributed by atoms with E-state index in [1.54, 1.807) is 18.2 Å². The van der Waals surface area contributed by atoms with E-state index in [1.807, 2.05) is 0 Å². The lowest BCUT2D eigenvalue weighted by Crippen LogP contribution is -2.19. The van der Waals surface area contributed by atoms with E-state index in [1.165, 1.54) is 20.3 Å². The highest BCUT2D eigenvalue weighted by molar-refractivity contribution is 9.11. The maximum absolute atomic E-state index is 12.7. The monoisotopic (exact) mass is 499 g/mol. The molecule has 3 rings (SSSR count). The Morgan fingerprint density at radius 3 is 2.15 bits per heavy atom. The summed E-state index contributed by atoms with van der Waals surface area (Å²) in [5, 5.41) is 2.73. The van der Waals surface area contributed by atoms with Crippen molar-refractivity contribution in [2.24, 2.45) is 0 Å². The van der Waals surface area contributed by atoms with E-state index in [9.17, 15) is 9.59 Å². The smallest absolute Gasteiger partial charge is 0.340 e. The fourth-order valence-corrected chi connectivity index (χ4v) is 4.06. The second-order valence-electron chi connectivity index (χ2n) is 5.46. The van der Waals surface area contributed by atoms with Crippen molar-refractivity contribution in [1.29, 1.82) is 0 Å². The van der Waals surface area contributed by atoms with E-state index in [0.29, 0.717) is 45.0 Å². The number of anilines is 1. The van der Waals surface area contributed by atoms with Crippen LogP contribution in [0.25, 0.3) is 0 Å². The molecule has 0 saturated carbocycles. The maximum Gasteiger partial charge on any atom is 0.340 e. The van der Waals surface area contributed by atoms with Gasteiger partial charge in [0.05, 0.1) is 34.4 Å². The summed E-state index contributed by atoms with van der Waals surface area (Å²) in [4.78, 5) is 24.9. The van der Waals surface area contributed by atoms with Crippen LogP contribution in [0.2, 0.25) is 0 Å². The highest BCUT2D eigenvalue weighted by Gasteiger charge is 2.22.